The van der Waals surface area contributed by atoms with Crippen LogP contribution in [0.5, 0.6) is 0 Å². The zero-order valence-electron chi connectivity index (χ0n) is 9.48. The van der Waals surface area contributed by atoms with Crippen LogP contribution in [0.1, 0.15) is 11.3 Å². The summed E-state index contributed by atoms with van der Waals surface area (Å²) in [6, 6.07) is 11.3. The van der Waals surface area contributed by atoms with Gasteiger partial charge in [-0.1, -0.05) is 18.2 Å². The van der Waals surface area contributed by atoms with Crippen LogP contribution in [0, 0.1) is 6.92 Å². The molecule has 0 spiro atoms. The summed E-state index contributed by atoms with van der Waals surface area (Å²) in [4.78, 5) is 12.2. The number of pyridine rings is 1. The summed E-state index contributed by atoms with van der Waals surface area (Å²) in [5, 5.41) is 0. The number of nitrogens with zero attached hydrogens (tertiary/aromatic N) is 1. The van der Waals surface area contributed by atoms with Gasteiger partial charge in [0.25, 0.3) is 5.56 Å². The van der Waals surface area contributed by atoms with E-state index < -0.39 is 0 Å². The van der Waals surface area contributed by atoms with Gasteiger partial charge in [0.2, 0.25) is 0 Å². The first-order valence-corrected chi connectivity index (χ1v) is 6.11. The Kier molecular flexibility index (Phi) is 3.45. The van der Waals surface area contributed by atoms with Crippen LogP contribution in [0.25, 0.3) is 5.69 Å². The quantitative estimate of drug-likeness (QED) is 0.924. The number of aromatic nitrogens is 1. The first kappa shape index (κ1) is 12.1. The van der Waals surface area contributed by atoms with Crippen molar-refractivity contribution < 1.29 is 0 Å². The topological polar surface area (TPSA) is 48.0 Å². The fourth-order valence-corrected chi connectivity index (χ4v) is 2.22. The molecular weight excluding hydrogens is 280 g/mol. The third kappa shape index (κ3) is 2.18. The van der Waals surface area contributed by atoms with Gasteiger partial charge in [0.15, 0.2) is 0 Å². The van der Waals surface area contributed by atoms with Crippen LogP contribution in [0.2, 0.25) is 0 Å². The summed E-state index contributed by atoms with van der Waals surface area (Å²) < 4.78 is 2.56. The number of para-hydroxylation sites is 1. The van der Waals surface area contributed by atoms with E-state index >= 15 is 0 Å². The molecule has 0 unspecified atom stereocenters. The van der Waals surface area contributed by atoms with E-state index in [1.165, 1.54) is 0 Å². The van der Waals surface area contributed by atoms with Crippen molar-refractivity contribution in [3.8, 4) is 5.69 Å². The minimum Gasteiger partial charge on any atom is -0.326 e. The van der Waals surface area contributed by atoms with Crippen LogP contribution in [0.4, 0.5) is 0 Å². The number of nitrogens with two attached hydrogens (primary N) is 1. The van der Waals surface area contributed by atoms with Gasteiger partial charge in [-0.2, -0.15) is 0 Å². The standard InChI is InChI=1S/C13H13BrN2O/c1-9-6-7-10(8-15)13(17)16(9)12-5-3-2-4-11(12)14/h2-7H,8,15H2,1H3. The third-order valence-electron chi connectivity index (χ3n) is 2.67. The molecule has 0 atom stereocenters. The van der Waals surface area contributed by atoms with Crippen LogP contribution in [0.3, 0.4) is 0 Å². The van der Waals surface area contributed by atoms with E-state index in [1.807, 2.05) is 37.3 Å². The molecular formula is C13H13BrN2O. The van der Waals surface area contributed by atoms with E-state index in [-0.39, 0.29) is 12.1 Å². The first-order valence-electron chi connectivity index (χ1n) is 5.31. The lowest BCUT2D eigenvalue weighted by Gasteiger charge is -2.12. The summed E-state index contributed by atoms with van der Waals surface area (Å²) >= 11 is 3.46. The van der Waals surface area contributed by atoms with Crippen LogP contribution < -0.4 is 11.3 Å². The second kappa shape index (κ2) is 4.85. The molecule has 2 aromatic rings. The molecule has 1 aromatic carbocycles. The van der Waals surface area contributed by atoms with Crippen LogP contribution in [0.15, 0.2) is 45.7 Å². The summed E-state index contributed by atoms with van der Waals surface area (Å²) in [5.41, 5.74) is 7.85. The lowest BCUT2D eigenvalue weighted by Crippen LogP contribution is -2.25. The van der Waals surface area contributed by atoms with Crippen molar-refractivity contribution in [3.63, 3.8) is 0 Å². The van der Waals surface area contributed by atoms with Gasteiger partial charge in [-0.3, -0.25) is 9.36 Å². The number of hydrogen-bond donors (Lipinski definition) is 1. The van der Waals surface area contributed by atoms with Crippen molar-refractivity contribution in [1.82, 2.24) is 4.57 Å². The Morgan fingerprint density at radius 3 is 2.59 bits per heavy atom. The van der Waals surface area contributed by atoms with E-state index in [0.29, 0.717) is 5.56 Å². The molecule has 0 saturated carbocycles. The van der Waals surface area contributed by atoms with Crippen LogP contribution >= 0.6 is 15.9 Å². The highest BCUT2D eigenvalue weighted by molar-refractivity contribution is 9.10. The molecule has 2 N–H and O–H groups in total. The molecule has 0 aliphatic carbocycles. The van der Waals surface area contributed by atoms with Crippen molar-refractivity contribution in [2.75, 3.05) is 0 Å². The van der Waals surface area contributed by atoms with Gasteiger partial charge >= 0.3 is 0 Å². The number of rotatable bonds is 2. The zero-order valence-corrected chi connectivity index (χ0v) is 11.1. The lowest BCUT2D eigenvalue weighted by molar-refractivity contribution is 0.885. The van der Waals surface area contributed by atoms with Crippen molar-refractivity contribution >= 4 is 15.9 Å². The Balaban J connectivity index is 2.76. The second-order valence-corrected chi connectivity index (χ2v) is 4.65. The Labute approximate surface area is 108 Å². The predicted octanol–water partition coefficient (Wildman–Crippen LogP) is 2.37. The fraction of sp³-hybridized carbons (Fsp3) is 0.154. The fourth-order valence-electron chi connectivity index (χ4n) is 1.76. The molecule has 0 saturated heterocycles. The molecule has 0 radical (unpaired) electrons. The van der Waals surface area contributed by atoms with Gasteiger partial charge in [-0.05, 0) is 41.1 Å². The molecule has 2 rings (SSSR count). The van der Waals surface area contributed by atoms with Crippen molar-refractivity contribution in [3.05, 3.63) is 62.5 Å². The van der Waals surface area contributed by atoms with E-state index in [2.05, 4.69) is 15.9 Å². The molecule has 4 heteroatoms. The molecule has 17 heavy (non-hydrogen) atoms. The summed E-state index contributed by atoms with van der Waals surface area (Å²) in [6.07, 6.45) is 0. The Morgan fingerprint density at radius 1 is 1.24 bits per heavy atom. The molecule has 0 aliphatic rings. The predicted molar refractivity (Wildman–Crippen MR) is 72.4 cm³/mol. The van der Waals surface area contributed by atoms with Crippen molar-refractivity contribution in [2.24, 2.45) is 5.73 Å². The number of halogens is 1. The number of benzene rings is 1. The van der Waals surface area contributed by atoms with Gasteiger partial charge in [-0.15, -0.1) is 0 Å². The smallest absolute Gasteiger partial charge is 0.259 e. The molecule has 0 aliphatic heterocycles. The van der Waals surface area contributed by atoms with Gasteiger partial charge in [0.05, 0.1) is 5.69 Å². The van der Waals surface area contributed by atoms with Gasteiger partial charge in [0.1, 0.15) is 0 Å². The molecule has 88 valence electrons. The Hall–Kier alpha value is -1.39. The largest absolute Gasteiger partial charge is 0.326 e. The Bertz CT molecular complexity index is 605. The minimum absolute atomic E-state index is 0.0561. The van der Waals surface area contributed by atoms with E-state index in [1.54, 1.807) is 10.6 Å². The maximum absolute atomic E-state index is 12.2. The van der Waals surface area contributed by atoms with Gasteiger partial charge in [-0.25, -0.2) is 0 Å². The van der Waals surface area contributed by atoms with Gasteiger partial charge < -0.3 is 5.73 Å². The highest BCUT2D eigenvalue weighted by Crippen LogP contribution is 2.20. The minimum atomic E-state index is -0.0561. The maximum Gasteiger partial charge on any atom is 0.259 e. The molecule has 3 nitrogen and oxygen atoms in total. The average Bonchev–Trinajstić information content (AvgIpc) is 2.32. The van der Waals surface area contributed by atoms with E-state index in [0.717, 1.165) is 15.9 Å². The molecule has 1 heterocycles. The summed E-state index contributed by atoms with van der Waals surface area (Å²) in [7, 11) is 0. The van der Waals surface area contributed by atoms with Crippen LogP contribution in [-0.2, 0) is 6.54 Å². The molecule has 1 aromatic heterocycles. The second-order valence-electron chi connectivity index (χ2n) is 3.80. The van der Waals surface area contributed by atoms with Crippen LogP contribution in [-0.4, -0.2) is 4.57 Å². The SMILES string of the molecule is Cc1ccc(CN)c(=O)n1-c1ccccc1Br. The van der Waals surface area contributed by atoms with E-state index in [4.69, 9.17) is 5.73 Å². The average molecular weight is 293 g/mol. The third-order valence-corrected chi connectivity index (χ3v) is 3.34. The molecule has 0 fully saturated rings. The van der Waals surface area contributed by atoms with Gasteiger partial charge in [0, 0.05) is 22.3 Å². The first-order chi connectivity index (χ1) is 8.15. The lowest BCUT2D eigenvalue weighted by atomic mass is 10.2. The molecule has 0 amide bonds. The maximum atomic E-state index is 12.2. The van der Waals surface area contributed by atoms with Crippen molar-refractivity contribution in [2.45, 2.75) is 13.5 Å². The summed E-state index contributed by atoms with van der Waals surface area (Å²) in [6.45, 7) is 2.16. The van der Waals surface area contributed by atoms with Crippen molar-refractivity contribution in [1.29, 1.82) is 0 Å². The normalized spacial score (nSPS) is 10.5. The zero-order chi connectivity index (χ0) is 12.4. The molecule has 0 bridgehead atoms. The van der Waals surface area contributed by atoms with E-state index in [9.17, 15) is 4.79 Å². The highest BCUT2D eigenvalue weighted by atomic mass is 79.9. The monoisotopic (exact) mass is 292 g/mol. The number of hydrogen-bond acceptors (Lipinski definition) is 2. The highest BCUT2D eigenvalue weighted by Gasteiger charge is 2.09. The Morgan fingerprint density at radius 2 is 1.94 bits per heavy atom. The summed E-state index contributed by atoms with van der Waals surface area (Å²) in [5.74, 6) is 0. The number of aryl methyl sites for hydroxylation is 1.